The van der Waals surface area contributed by atoms with E-state index in [4.69, 9.17) is 0 Å². The summed E-state index contributed by atoms with van der Waals surface area (Å²) in [6.45, 7) is 0. The summed E-state index contributed by atoms with van der Waals surface area (Å²) in [4.78, 5) is 7.62. The molecule has 0 radical (unpaired) electrons. The van der Waals surface area contributed by atoms with Crippen molar-refractivity contribution < 1.29 is 0 Å². The molecule has 0 unspecified atom stereocenters. The van der Waals surface area contributed by atoms with Crippen LogP contribution >= 0.6 is 0 Å². The van der Waals surface area contributed by atoms with Crippen LogP contribution in [-0.2, 0) is 0 Å². The summed E-state index contributed by atoms with van der Waals surface area (Å²) in [5, 5.41) is 0. The van der Waals surface area contributed by atoms with Crippen molar-refractivity contribution in [2.75, 3.05) is 0 Å². The molecule has 0 aromatic heterocycles. The molecule has 17 heavy (non-hydrogen) atoms. The van der Waals surface area contributed by atoms with Gasteiger partial charge in [0, 0.05) is 0 Å². The zero-order valence-electron chi connectivity index (χ0n) is 10.7. The summed E-state index contributed by atoms with van der Waals surface area (Å²) >= 11 is -1.99. The Morgan fingerprint density at radius 2 is 1.12 bits per heavy atom. The summed E-state index contributed by atoms with van der Waals surface area (Å²) in [6.07, 6.45) is 0. The van der Waals surface area contributed by atoms with Gasteiger partial charge in [-0.05, 0) is 0 Å². The Balaban J connectivity index is 2.31. The Morgan fingerprint density at radius 3 is 1.53 bits per heavy atom. The third kappa shape index (κ3) is 1.73. The average Bonchev–Trinajstić information content (AvgIpc) is 2.63. The van der Waals surface area contributed by atoms with Gasteiger partial charge in [-0.25, -0.2) is 0 Å². The first-order valence-electron chi connectivity index (χ1n) is 6.27. The van der Waals surface area contributed by atoms with E-state index in [0.29, 0.717) is 0 Å². The van der Waals surface area contributed by atoms with E-state index in [2.05, 4.69) is 63.3 Å². The number of rotatable bonds is 1. The Labute approximate surface area is 108 Å². The van der Waals surface area contributed by atoms with Crippen LogP contribution in [0.1, 0.15) is 15.1 Å². The minimum absolute atomic E-state index is 0.733. The van der Waals surface area contributed by atoms with E-state index < -0.39 is 18.4 Å². The molecule has 2 aromatic rings. The monoisotopic (exact) mass is 330 g/mol. The SMILES string of the molecule is [CH3][Sn]([CH3])([CH3])[CH]1c2ccccc2-c2ccccc21. The van der Waals surface area contributed by atoms with Gasteiger partial charge in [-0.3, -0.25) is 0 Å². The van der Waals surface area contributed by atoms with Gasteiger partial charge in [0.25, 0.3) is 0 Å². The topological polar surface area (TPSA) is 0 Å². The predicted molar refractivity (Wildman–Crippen MR) is 77.1 cm³/mol. The standard InChI is InChI=1S/C13H9.3CH3.Sn/c1-3-7-12-10(5-1)9-11-6-2-4-8-13(11)12;;;;/h1-9H;3*1H3;. The Morgan fingerprint density at radius 1 is 0.706 bits per heavy atom. The van der Waals surface area contributed by atoms with Crippen LogP contribution < -0.4 is 0 Å². The summed E-state index contributed by atoms with van der Waals surface area (Å²) in [7, 11) is 0. The predicted octanol–water partition coefficient (Wildman–Crippen LogP) is 4.68. The van der Waals surface area contributed by atoms with Crippen LogP contribution in [0.5, 0.6) is 0 Å². The van der Waals surface area contributed by atoms with E-state index in [1.165, 1.54) is 11.1 Å². The van der Waals surface area contributed by atoms with Gasteiger partial charge < -0.3 is 0 Å². The van der Waals surface area contributed by atoms with Gasteiger partial charge in [-0.2, -0.15) is 0 Å². The molecule has 0 heterocycles. The molecule has 2 aromatic carbocycles. The molecule has 3 rings (SSSR count). The molecule has 1 aliphatic rings. The average molecular weight is 329 g/mol. The van der Waals surface area contributed by atoms with Crippen molar-refractivity contribution in [3.8, 4) is 11.1 Å². The summed E-state index contributed by atoms with van der Waals surface area (Å²) in [6, 6.07) is 17.9. The second-order valence-electron chi connectivity index (χ2n) is 5.97. The van der Waals surface area contributed by atoms with Crippen molar-refractivity contribution in [3.63, 3.8) is 0 Å². The van der Waals surface area contributed by atoms with Crippen LogP contribution in [0, 0.1) is 0 Å². The normalized spacial score (nSPS) is 14.5. The fraction of sp³-hybridized carbons (Fsp3) is 0.250. The molecule has 0 aliphatic heterocycles. The van der Waals surface area contributed by atoms with Crippen LogP contribution in [0.15, 0.2) is 48.5 Å². The van der Waals surface area contributed by atoms with E-state index in [1.807, 2.05) is 0 Å². The molecule has 1 aliphatic carbocycles. The molecule has 0 atom stereocenters. The molecule has 86 valence electrons. The summed E-state index contributed by atoms with van der Waals surface area (Å²) in [5.74, 6) is 0. The first-order chi connectivity index (χ1) is 8.09. The van der Waals surface area contributed by atoms with Crippen molar-refractivity contribution >= 4 is 18.4 Å². The first kappa shape index (κ1) is 11.3. The molecule has 0 nitrogen and oxygen atoms in total. The Bertz CT molecular complexity index is 518. The second kappa shape index (κ2) is 3.87. The van der Waals surface area contributed by atoms with Crippen molar-refractivity contribution in [3.05, 3.63) is 59.7 Å². The van der Waals surface area contributed by atoms with E-state index in [-0.39, 0.29) is 0 Å². The molecule has 0 saturated carbocycles. The maximum atomic E-state index is 2.54. The van der Waals surface area contributed by atoms with Crippen molar-refractivity contribution in [2.45, 2.75) is 18.8 Å². The Kier molecular flexibility index (Phi) is 2.58. The summed E-state index contributed by atoms with van der Waals surface area (Å²) in [5.41, 5.74) is 6.11. The molecule has 0 spiro atoms. The van der Waals surface area contributed by atoms with Crippen molar-refractivity contribution in [2.24, 2.45) is 0 Å². The van der Waals surface area contributed by atoms with E-state index >= 15 is 0 Å². The zero-order chi connectivity index (χ0) is 12.0. The maximum absolute atomic E-state index is 2.54. The van der Waals surface area contributed by atoms with E-state index in [0.717, 1.165) is 3.93 Å². The van der Waals surface area contributed by atoms with Gasteiger partial charge in [-0.1, -0.05) is 0 Å². The van der Waals surface area contributed by atoms with Crippen LogP contribution in [0.2, 0.25) is 14.8 Å². The first-order valence-corrected chi connectivity index (χ1v) is 16.5. The van der Waals surface area contributed by atoms with Crippen molar-refractivity contribution in [1.29, 1.82) is 0 Å². The molecular weight excluding hydrogens is 311 g/mol. The van der Waals surface area contributed by atoms with Gasteiger partial charge in [0.15, 0.2) is 0 Å². The molecule has 0 bridgehead atoms. The molecule has 0 saturated heterocycles. The molecule has 0 fully saturated rings. The third-order valence-corrected chi connectivity index (χ3v) is 10.4. The number of benzene rings is 2. The number of hydrogen-bond acceptors (Lipinski definition) is 0. The zero-order valence-corrected chi connectivity index (χ0v) is 13.6. The minimum atomic E-state index is -1.99. The fourth-order valence-electron chi connectivity index (χ4n) is 3.09. The fourth-order valence-corrected chi connectivity index (χ4v) is 9.85. The van der Waals surface area contributed by atoms with Crippen LogP contribution in [0.4, 0.5) is 0 Å². The van der Waals surface area contributed by atoms with Crippen LogP contribution in [0.25, 0.3) is 11.1 Å². The molecule has 0 N–H and O–H groups in total. The van der Waals surface area contributed by atoms with Crippen LogP contribution in [0.3, 0.4) is 0 Å². The molecule has 1 heteroatoms. The van der Waals surface area contributed by atoms with Crippen molar-refractivity contribution in [1.82, 2.24) is 0 Å². The van der Waals surface area contributed by atoms with Crippen LogP contribution in [-0.4, -0.2) is 18.4 Å². The second-order valence-corrected chi connectivity index (χ2v) is 21.1. The molecular formula is C16H18Sn. The van der Waals surface area contributed by atoms with Gasteiger partial charge in [-0.15, -0.1) is 0 Å². The van der Waals surface area contributed by atoms with Gasteiger partial charge >= 0.3 is 108 Å². The number of hydrogen-bond donors (Lipinski definition) is 0. The summed E-state index contributed by atoms with van der Waals surface area (Å²) < 4.78 is 0.733. The van der Waals surface area contributed by atoms with Gasteiger partial charge in [0.1, 0.15) is 0 Å². The van der Waals surface area contributed by atoms with E-state index in [1.54, 1.807) is 11.1 Å². The third-order valence-electron chi connectivity index (χ3n) is 3.70. The van der Waals surface area contributed by atoms with Gasteiger partial charge in [0.05, 0.1) is 0 Å². The molecule has 0 amide bonds. The Hall–Kier alpha value is -0.761. The van der Waals surface area contributed by atoms with E-state index in [9.17, 15) is 0 Å². The number of fused-ring (bicyclic) bond motifs is 3. The quantitative estimate of drug-likeness (QED) is 0.667. The van der Waals surface area contributed by atoms with Gasteiger partial charge in [0.2, 0.25) is 0 Å².